The fourth-order valence-electron chi connectivity index (χ4n) is 1.62. The standard InChI is InChI=1S/C13H18N4O/c1-2-10-3-5-11(6-4-10)9-15-13-17-16-12(18-13)7-8-14/h3-6H,2,7-9,14H2,1H3,(H,15,17). The van der Waals surface area contributed by atoms with Gasteiger partial charge in [0, 0.05) is 19.5 Å². The average Bonchev–Trinajstić information content (AvgIpc) is 2.85. The quantitative estimate of drug-likeness (QED) is 0.812. The molecule has 5 nitrogen and oxygen atoms in total. The smallest absolute Gasteiger partial charge is 0.315 e. The molecule has 0 aliphatic heterocycles. The Morgan fingerprint density at radius 2 is 1.89 bits per heavy atom. The Kier molecular flexibility index (Phi) is 4.30. The number of aryl methyl sites for hydroxylation is 1. The van der Waals surface area contributed by atoms with Crippen LogP contribution in [0.3, 0.4) is 0 Å². The average molecular weight is 246 g/mol. The van der Waals surface area contributed by atoms with Crippen molar-refractivity contribution in [2.75, 3.05) is 11.9 Å². The van der Waals surface area contributed by atoms with Crippen LogP contribution in [0.15, 0.2) is 28.7 Å². The fourth-order valence-corrected chi connectivity index (χ4v) is 1.62. The number of nitrogens with zero attached hydrogens (tertiary/aromatic N) is 2. The lowest BCUT2D eigenvalue weighted by atomic mass is 10.1. The van der Waals surface area contributed by atoms with E-state index in [9.17, 15) is 0 Å². The fraction of sp³-hybridized carbons (Fsp3) is 0.385. The van der Waals surface area contributed by atoms with Gasteiger partial charge in [0.25, 0.3) is 0 Å². The van der Waals surface area contributed by atoms with E-state index in [1.54, 1.807) is 0 Å². The SMILES string of the molecule is CCc1ccc(CNc2nnc(CCN)o2)cc1. The van der Waals surface area contributed by atoms with Crippen molar-refractivity contribution >= 4 is 6.01 Å². The summed E-state index contributed by atoms with van der Waals surface area (Å²) in [6, 6.07) is 8.90. The van der Waals surface area contributed by atoms with Crippen molar-refractivity contribution in [3.05, 3.63) is 41.3 Å². The zero-order valence-corrected chi connectivity index (χ0v) is 10.5. The van der Waals surface area contributed by atoms with Crippen molar-refractivity contribution in [2.45, 2.75) is 26.3 Å². The Bertz CT molecular complexity index is 478. The first-order valence-corrected chi connectivity index (χ1v) is 6.16. The van der Waals surface area contributed by atoms with E-state index in [1.807, 2.05) is 0 Å². The highest BCUT2D eigenvalue weighted by molar-refractivity contribution is 5.26. The summed E-state index contributed by atoms with van der Waals surface area (Å²) in [6.45, 7) is 3.33. The third-order valence-corrected chi connectivity index (χ3v) is 2.70. The molecule has 0 spiro atoms. The molecule has 0 fully saturated rings. The summed E-state index contributed by atoms with van der Waals surface area (Å²) < 4.78 is 5.38. The number of nitrogens with two attached hydrogens (primary N) is 1. The third-order valence-electron chi connectivity index (χ3n) is 2.70. The van der Waals surface area contributed by atoms with Gasteiger partial charge in [-0.15, -0.1) is 5.10 Å². The van der Waals surface area contributed by atoms with Gasteiger partial charge in [-0.3, -0.25) is 0 Å². The highest BCUT2D eigenvalue weighted by Gasteiger charge is 2.04. The van der Waals surface area contributed by atoms with Gasteiger partial charge in [-0.25, -0.2) is 0 Å². The van der Waals surface area contributed by atoms with Crippen molar-refractivity contribution in [3.8, 4) is 0 Å². The van der Waals surface area contributed by atoms with E-state index in [0.717, 1.165) is 6.42 Å². The van der Waals surface area contributed by atoms with Crippen LogP contribution in [0.2, 0.25) is 0 Å². The topological polar surface area (TPSA) is 77.0 Å². The van der Waals surface area contributed by atoms with Crippen LogP contribution in [-0.4, -0.2) is 16.7 Å². The summed E-state index contributed by atoms with van der Waals surface area (Å²) in [5, 5.41) is 10.9. The molecule has 18 heavy (non-hydrogen) atoms. The molecule has 1 aromatic carbocycles. The largest absolute Gasteiger partial charge is 0.408 e. The second kappa shape index (κ2) is 6.16. The molecule has 2 rings (SSSR count). The molecule has 0 aliphatic rings. The second-order valence-electron chi connectivity index (χ2n) is 4.06. The van der Waals surface area contributed by atoms with Crippen molar-refractivity contribution in [3.63, 3.8) is 0 Å². The zero-order valence-electron chi connectivity index (χ0n) is 10.5. The second-order valence-corrected chi connectivity index (χ2v) is 4.06. The minimum Gasteiger partial charge on any atom is -0.408 e. The van der Waals surface area contributed by atoms with Crippen LogP contribution in [0.5, 0.6) is 0 Å². The van der Waals surface area contributed by atoms with E-state index in [4.69, 9.17) is 10.2 Å². The molecule has 0 saturated carbocycles. The van der Waals surface area contributed by atoms with Gasteiger partial charge in [-0.2, -0.15) is 0 Å². The molecule has 0 saturated heterocycles. The lowest BCUT2D eigenvalue weighted by molar-refractivity contribution is 0.505. The maximum Gasteiger partial charge on any atom is 0.315 e. The van der Waals surface area contributed by atoms with Crippen LogP contribution in [0, 0.1) is 0 Å². The van der Waals surface area contributed by atoms with Gasteiger partial charge in [0.1, 0.15) is 0 Å². The predicted octanol–water partition coefficient (Wildman–Crippen LogP) is 1.75. The Labute approximate surface area is 106 Å². The summed E-state index contributed by atoms with van der Waals surface area (Å²) in [6.07, 6.45) is 1.67. The minimum atomic E-state index is 0.443. The van der Waals surface area contributed by atoms with Gasteiger partial charge in [-0.05, 0) is 17.5 Å². The number of nitrogens with one attached hydrogen (secondary N) is 1. The Hall–Kier alpha value is -1.88. The van der Waals surface area contributed by atoms with Crippen LogP contribution in [0.4, 0.5) is 6.01 Å². The molecule has 2 aromatic rings. The number of benzene rings is 1. The molecule has 1 heterocycles. The third kappa shape index (κ3) is 3.30. The van der Waals surface area contributed by atoms with Crippen molar-refractivity contribution in [1.29, 1.82) is 0 Å². The van der Waals surface area contributed by atoms with Crippen LogP contribution in [0.25, 0.3) is 0 Å². The molecule has 96 valence electrons. The highest BCUT2D eigenvalue weighted by atomic mass is 16.4. The lowest BCUT2D eigenvalue weighted by Crippen LogP contribution is -2.02. The molecule has 5 heteroatoms. The van der Waals surface area contributed by atoms with Gasteiger partial charge < -0.3 is 15.5 Å². The molecular formula is C13H18N4O. The Morgan fingerprint density at radius 3 is 2.56 bits per heavy atom. The summed E-state index contributed by atoms with van der Waals surface area (Å²) in [7, 11) is 0. The zero-order chi connectivity index (χ0) is 12.8. The van der Waals surface area contributed by atoms with E-state index in [-0.39, 0.29) is 0 Å². The number of hydrogen-bond acceptors (Lipinski definition) is 5. The van der Waals surface area contributed by atoms with Crippen LogP contribution in [-0.2, 0) is 19.4 Å². The first-order valence-electron chi connectivity index (χ1n) is 6.16. The number of hydrogen-bond donors (Lipinski definition) is 2. The van der Waals surface area contributed by atoms with Crippen LogP contribution < -0.4 is 11.1 Å². The number of anilines is 1. The maximum absolute atomic E-state index is 5.41. The van der Waals surface area contributed by atoms with E-state index in [2.05, 4.69) is 46.7 Å². The normalized spacial score (nSPS) is 10.6. The Morgan fingerprint density at radius 1 is 1.17 bits per heavy atom. The van der Waals surface area contributed by atoms with Gasteiger partial charge in [-0.1, -0.05) is 36.3 Å². The van der Waals surface area contributed by atoms with Crippen molar-refractivity contribution in [2.24, 2.45) is 5.73 Å². The van der Waals surface area contributed by atoms with E-state index >= 15 is 0 Å². The van der Waals surface area contributed by atoms with Crippen molar-refractivity contribution < 1.29 is 4.42 Å². The first kappa shape index (κ1) is 12.6. The monoisotopic (exact) mass is 246 g/mol. The molecule has 0 atom stereocenters. The summed E-state index contributed by atoms with van der Waals surface area (Å²) in [4.78, 5) is 0. The number of rotatable bonds is 6. The molecule has 0 amide bonds. The molecule has 0 aliphatic carbocycles. The number of aromatic nitrogens is 2. The summed E-state index contributed by atoms with van der Waals surface area (Å²) >= 11 is 0. The molecule has 3 N–H and O–H groups in total. The van der Waals surface area contributed by atoms with Gasteiger partial charge >= 0.3 is 6.01 Å². The summed E-state index contributed by atoms with van der Waals surface area (Å²) in [5.74, 6) is 0.571. The van der Waals surface area contributed by atoms with Gasteiger partial charge in [0.05, 0.1) is 0 Å². The van der Waals surface area contributed by atoms with Gasteiger partial charge in [0.2, 0.25) is 5.89 Å². The molecule has 0 bridgehead atoms. The lowest BCUT2D eigenvalue weighted by Gasteiger charge is -2.02. The maximum atomic E-state index is 5.41. The van der Waals surface area contributed by atoms with E-state index in [1.165, 1.54) is 11.1 Å². The highest BCUT2D eigenvalue weighted by Crippen LogP contribution is 2.09. The van der Waals surface area contributed by atoms with E-state index in [0.29, 0.717) is 31.4 Å². The molecule has 0 unspecified atom stereocenters. The van der Waals surface area contributed by atoms with E-state index < -0.39 is 0 Å². The predicted molar refractivity (Wildman–Crippen MR) is 70.2 cm³/mol. The van der Waals surface area contributed by atoms with Crippen LogP contribution in [0.1, 0.15) is 23.9 Å². The summed E-state index contributed by atoms with van der Waals surface area (Å²) in [5.41, 5.74) is 7.93. The Balaban J connectivity index is 1.89. The first-order chi connectivity index (χ1) is 8.81. The molecule has 1 aromatic heterocycles. The molecule has 0 radical (unpaired) electrons. The molecular weight excluding hydrogens is 228 g/mol. The van der Waals surface area contributed by atoms with Crippen LogP contribution >= 0.6 is 0 Å². The van der Waals surface area contributed by atoms with Crippen molar-refractivity contribution in [1.82, 2.24) is 10.2 Å². The van der Waals surface area contributed by atoms with Gasteiger partial charge in [0.15, 0.2) is 0 Å². The minimum absolute atomic E-state index is 0.443.